The highest BCUT2D eigenvalue weighted by atomic mass is 35.5. The van der Waals surface area contributed by atoms with E-state index in [9.17, 15) is 0 Å². The Morgan fingerprint density at radius 1 is 1.32 bits per heavy atom. The van der Waals surface area contributed by atoms with Crippen LogP contribution in [0.15, 0.2) is 16.5 Å². The molecule has 1 heterocycles. The van der Waals surface area contributed by atoms with Crippen molar-refractivity contribution in [2.24, 2.45) is 11.1 Å². The fourth-order valence-corrected chi connectivity index (χ4v) is 2.54. The Balaban J connectivity index is 2.16. The first-order chi connectivity index (χ1) is 8.91. The van der Waals surface area contributed by atoms with E-state index in [4.69, 9.17) is 21.8 Å². The van der Waals surface area contributed by atoms with Gasteiger partial charge in [0.25, 0.3) is 0 Å². The van der Waals surface area contributed by atoms with Crippen LogP contribution in [0.5, 0.6) is 0 Å². The molecule has 0 radical (unpaired) electrons. The Morgan fingerprint density at radius 3 is 2.74 bits per heavy atom. The molecule has 1 aromatic heterocycles. The van der Waals surface area contributed by atoms with Gasteiger partial charge in [-0.1, -0.05) is 25.4 Å². The van der Waals surface area contributed by atoms with Crippen LogP contribution in [-0.2, 0) is 6.42 Å². The highest BCUT2D eigenvalue weighted by molar-refractivity contribution is 6.31. The zero-order valence-corrected chi connectivity index (χ0v) is 12.5. The Hall–Kier alpha value is -1.06. The van der Waals surface area contributed by atoms with Crippen molar-refractivity contribution in [1.29, 1.82) is 0 Å². The summed E-state index contributed by atoms with van der Waals surface area (Å²) in [6, 6.07) is 3.75. The van der Waals surface area contributed by atoms with Crippen molar-refractivity contribution in [1.82, 2.24) is 4.98 Å². The second kappa shape index (κ2) is 5.51. The van der Waals surface area contributed by atoms with Gasteiger partial charge in [-0.05, 0) is 49.4 Å². The summed E-state index contributed by atoms with van der Waals surface area (Å²) in [7, 11) is 0. The Kier molecular flexibility index (Phi) is 4.16. The number of hydrogen-bond acceptors (Lipinski definition) is 3. The molecule has 2 N–H and O–H groups in total. The van der Waals surface area contributed by atoms with E-state index < -0.39 is 0 Å². The summed E-state index contributed by atoms with van der Waals surface area (Å²) in [4.78, 5) is 4.52. The van der Waals surface area contributed by atoms with Crippen LogP contribution in [0.3, 0.4) is 0 Å². The predicted molar refractivity (Wildman–Crippen MR) is 79.5 cm³/mol. The van der Waals surface area contributed by atoms with Gasteiger partial charge in [-0.2, -0.15) is 0 Å². The molecular formula is C15H21ClN2O. The Morgan fingerprint density at radius 2 is 2.05 bits per heavy atom. The fourth-order valence-electron chi connectivity index (χ4n) is 2.27. The summed E-state index contributed by atoms with van der Waals surface area (Å²) in [5, 5.41) is 0.702. The van der Waals surface area contributed by atoms with E-state index in [2.05, 4.69) is 18.8 Å². The molecule has 0 aliphatic carbocycles. The number of oxazole rings is 1. The zero-order chi connectivity index (χ0) is 14.0. The molecule has 0 aliphatic heterocycles. The highest BCUT2D eigenvalue weighted by Gasteiger charge is 2.18. The zero-order valence-electron chi connectivity index (χ0n) is 11.8. The van der Waals surface area contributed by atoms with Gasteiger partial charge in [-0.15, -0.1) is 0 Å². The molecule has 0 saturated carbocycles. The average molecular weight is 281 g/mol. The molecule has 2 aromatic rings. The van der Waals surface area contributed by atoms with Crippen LogP contribution in [-0.4, -0.2) is 11.5 Å². The lowest BCUT2D eigenvalue weighted by molar-refractivity contribution is 0.302. The third kappa shape index (κ3) is 3.48. The van der Waals surface area contributed by atoms with E-state index in [1.54, 1.807) is 0 Å². The third-order valence-corrected chi connectivity index (χ3v) is 3.74. The van der Waals surface area contributed by atoms with Gasteiger partial charge >= 0.3 is 0 Å². The second-order valence-electron chi connectivity index (χ2n) is 5.88. The number of halogens is 1. The van der Waals surface area contributed by atoms with E-state index in [-0.39, 0.29) is 5.41 Å². The largest absolute Gasteiger partial charge is 0.440 e. The number of aromatic nitrogens is 1. The number of nitrogens with zero attached hydrogens (tertiary/aromatic N) is 1. The van der Waals surface area contributed by atoms with Crippen molar-refractivity contribution in [3.63, 3.8) is 0 Å². The van der Waals surface area contributed by atoms with Crippen LogP contribution >= 0.6 is 11.6 Å². The lowest BCUT2D eigenvalue weighted by Gasteiger charge is -2.22. The average Bonchev–Trinajstić information content (AvgIpc) is 2.70. The van der Waals surface area contributed by atoms with Gasteiger partial charge in [0, 0.05) is 11.4 Å². The first kappa shape index (κ1) is 14.4. The van der Waals surface area contributed by atoms with Crippen LogP contribution in [0.25, 0.3) is 11.1 Å². The number of benzene rings is 1. The number of nitrogens with two attached hydrogens (primary N) is 1. The minimum absolute atomic E-state index is 0.224. The first-order valence-corrected chi connectivity index (χ1v) is 7.05. The van der Waals surface area contributed by atoms with Crippen LogP contribution in [0, 0.1) is 12.3 Å². The molecule has 0 aliphatic rings. The number of fused-ring (bicyclic) bond motifs is 1. The fraction of sp³-hybridized carbons (Fsp3) is 0.533. The van der Waals surface area contributed by atoms with Crippen molar-refractivity contribution in [2.75, 3.05) is 6.54 Å². The molecular weight excluding hydrogens is 260 g/mol. The standard InChI is InChI=1S/C15H21ClN2O/c1-10-8-11(16)9-12-14(10)19-13(18-12)4-5-15(2,3)6-7-17/h8-9H,4-7,17H2,1-3H3. The van der Waals surface area contributed by atoms with Gasteiger partial charge in [-0.3, -0.25) is 0 Å². The van der Waals surface area contributed by atoms with Crippen molar-refractivity contribution < 1.29 is 4.42 Å². The predicted octanol–water partition coefficient (Wildman–Crippen LogP) is 4.10. The minimum atomic E-state index is 0.224. The number of hydrogen-bond donors (Lipinski definition) is 1. The lowest BCUT2D eigenvalue weighted by Crippen LogP contribution is -2.17. The minimum Gasteiger partial charge on any atom is -0.440 e. The molecule has 0 fully saturated rings. The van der Waals surface area contributed by atoms with Crippen LogP contribution in [0.4, 0.5) is 0 Å². The smallest absolute Gasteiger partial charge is 0.195 e. The summed E-state index contributed by atoms with van der Waals surface area (Å²) < 4.78 is 5.83. The molecule has 4 heteroatoms. The maximum absolute atomic E-state index is 6.03. The lowest BCUT2D eigenvalue weighted by atomic mass is 9.84. The SMILES string of the molecule is Cc1cc(Cl)cc2nc(CCC(C)(C)CCN)oc12. The number of rotatable bonds is 5. The Labute approximate surface area is 119 Å². The topological polar surface area (TPSA) is 52.0 Å². The van der Waals surface area contributed by atoms with Crippen LogP contribution in [0.2, 0.25) is 5.02 Å². The van der Waals surface area contributed by atoms with Gasteiger partial charge in [0.15, 0.2) is 11.5 Å². The molecule has 2 rings (SSSR count). The van der Waals surface area contributed by atoms with Gasteiger partial charge in [0.2, 0.25) is 0 Å². The Bertz CT molecular complexity index is 575. The molecule has 0 unspecified atom stereocenters. The highest BCUT2D eigenvalue weighted by Crippen LogP contribution is 2.28. The van der Waals surface area contributed by atoms with E-state index in [1.165, 1.54) is 0 Å². The molecule has 0 bridgehead atoms. The third-order valence-electron chi connectivity index (χ3n) is 3.52. The second-order valence-corrected chi connectivity index (χ2v) is 6.32. The molecule has 3 nitrogen and oxygen atoms in total. The molecule has 0 amide bonds. The van der Waals surface area contributed by atoms with Crippen molar-refractivity contribution >= 4 is 22.7 Å². The summed E-state index contributed by atoms with van der Waals surface area (Å²) in [5.41, 5.74) is 8.57. The van der Waals surface area contributed by atoms with Gasteiger partial charge in [-0.25, -0.2) is 4.98 Å². The molecule has 0 atom stereocenters. The number of aryl methyl sites for hydroxylation is 2. The van der Waals surface area contributed by atoms with Crippen LogP contribution in [0.1, 0.15) is 38.1 Å². The maximum atomic E-state index is 6.03. The summed E-state index contributed by atoms with van der Waals surface area (Å²) in [5.74, 6) is 0.783. The molecule has 104 valence electrons. The van der Waals surface area contributed by atoms with Crippen molar-refractivity contribution in [3.8, 4) is 0 Å². The van der Waals surface area contributed by atoms with E-state index in [1.807, 2.05) is 19.1 Å². The monoisotopic (exact) mass is 280 g/mol. The van der Waals surface area contributed by atoms with E-state index >= 15 is 0 Å². The molecule has 0 spiro atoms. The first-order valence-electron chi connectivity index (χ1n) is 6.67. The maximum Gasteiger partial charge on any atom is 0.195 e. The quantitative estimate of drug-likeness (QED) is 0.897. The van der Waals surface area contributed by atoms with Gasteiger partial charge < -0.3 is 10.2 Å². The normalized spacial score (nSPS) is 12.3. The summed E-state index contributed by atoms with van der Waals surface area (Å²) >= 11 is 6.03. The van der Waals surface area contributed by atoms with E-state index in [0.29, 0.717) is 5.02 Å². The molecule has 0 saturated heterocycles. The molecule has 1 aromatic carbocycles. The van der Waals surface area contributed by atoms with Gasteiger partial charge in [0.1, 0.15) is 5.52 Å². The van der Waals surface area contributed by atoms with Crippen molar-refractivity contribution in [3.05, 3.63) is 28.6 Å². The van der Waals surface area contributed by atoms with E-state index in [0.717, 1.165) is 48.4 Å². The summed E-state index contributed by atoms with van der Waals surface area (Å²) in [6.45, 7) is 7.16. The van der Waals surface area contributed by atoms with Crippen molar-refractivity contribution in [2.45, 2.75) is 40.0 Å². The summed E-state index contributed by atoms with van der Waals surface area (Å²) in [6.07, 6.45) is 2.86. The van der Waals surface area contributed by atoms with Gasteiger partial charge in [0.05, 0.1) is 0 Å². The van der Waals surface area contributed by atoms with Crippen LogP contribution < -0.4 is 5.73 Å². The molecule has 19 heavy (non-hydrogen) atoms.